The van der Waals surface area contributed by atoms with Gasteiger partial charge in [-0.2, -0.15) is 4.98 Å². The predicted octanol–water partition coefficient (Wildman–Crippen LogP) is 3.89. The van der Waals surface area contributed by atoms with Gasteiger partial charge in [-0.25, -0.2) is 8.42 Å². The summed E-state index contributed by atoms with van der Waals surface area (Å²) in [5.41, 5.74) is 0.689. The van der Waals surface area contributed by atoms with Gasteiger partial charge in [0.15, 0.2) is 0 Å². The molecule has 1 aliphatic carbocycles. The van der Waals surface area contributed by atoms with Crippen LogP contribution in [0, 0.1) is 5.92 Å². The van der Waals surface area contributed by atoms with E-state index in [0.29, 0.717) is 36.8 Å². The van der Waals surface area contributed by atoms with E-state index >= 15 is 0 Å². The van der Waals surface area contributed by atoms with Crippen LogP contribution in [0.4, 0.5) is 5.88 Å². The second kappa shape index (κ2) is 8.26. The number of halogens is 1. The number of anilines is 1. The molecule has 7 nitrogen and oxygen atoms in total. The molecule has 1 amide bonds. The van der Waals surface area contributed by atoms with Crippen LogP contribution >= 0.6 is 11.6 Å². The van der Waals surface area contributed by atoms with E-state index in [1.54, 1.807) is 0 Å². The third-order valence-electron chi connectivity index (χ3n) is 5.78. The minimum absolute atomic E-state index is 0.0959. The summed E-state index contributed by atoms with van der Waals surface area (Å²) in [4.78, 5) is 20.6. The van der Waals surface area contributed by atoms with E-state index in [0.717, 1.165) is 12.8 Å². The molecule has 2 aliphatic rings. The van der Waals surface area contributed by atoms with Crippen molar-refractivity contribution in [3.8, 4) is 11.5 Å². The Morgan fingerprint density at radius 1 is 0.969 bits per heavy atom. The zero-order chi connectivity index (χ0) is 22.3. The number of carbonyl (C=O) groups excluding carboxylic acids is 1. The van der Waals surface area contributed by atoms with Crippen LogP contribution in [-0.2, 0) is 14.6 Å². The standard InChI is InChI=1S/C23H22ClN3O4S/c24-18-8-10-19(11-9-18)32(29,30)21-23(31-20(25-21)16-4-2-1-3-5-16)27-14-12-26(13-15-27)22(28)17-6-7-17/h1-5,8-11,17H,6-7,12-15H2. The van der Waals surface area contributed by atoms with E-state index in [-0.39, 0.29) is 33.5 Å². The molecule has 1 saturated heterocycles. The van der Waals surface area contributed by atoms with Crippen molar-refractivity contribution in [2.24, 2.45) is 5.92 Å². The molecule has 9 heteroatoms. The van der Waals surface area contributed by atoms with Crippen LogP contribution in [0.3, 0.4) is 0 Å². The lowest BCUT2D eigenvalue weighted by molar-refractivity contribution is -0.132. The molecule has 5 rings (SSSR count). The number of hydrogen-bond acceptors (Lipinski definition) is 6. The van der Waals surface area contributed by atoms with Crippen LogP contribution in [-0.4, -0.2) is 50.4 Å². The van der Waals surface area contributed by atoms with Crippen LogP contribution < -0.4 is 4.90 Å². The van der Waals surface area contributed by atoms with Gasteiger partial charge in [-0.05, 0) is 49.2 Å². The minimum atomic E-state index is -3.94. The van der Waals surface area contributed by atoms with Gasteiger partial charge in [0.1, 0.15) is 0 Å². The Hall–Kier alpha value is -2.84. The largest absolute Gasteiger partial charge is 0.419 e. The van der Waals surface area contributed by atoms with Crippen molar-refractivity contribution in [1.82, 2.24) is 9.88 Å². The van der Waals surface area contributed by atoms with Gasteiger partial charge < -0.3 is 14.2 Å². The normalized spacial score (nSPS) is 16.9. The quantitative estimate of drug-likeness (QED) is 0.561. The number of sulfone groups is 1. The number of piperazine rings is 1. The van der Waals surface area contributed by atoms with Crippen LogP contribution in [0.2, 0.25) is 5.02 Å². The maximum atomic E-state index is 13.5. The predicted molar refractivity (Wildman–Crippen MR) is 120 cm³/mol. The summed E-state index contributed by atoms with van der Waals surface area (Å²) < 4.78 is 33.0. The van der Waals surface area contributed by atoms with E-state index in [1.807, 2.05) is 40.1 Å². The zero-order valence-electron chi connectivity index (χ0n) is 17.3. The highest BCUT2D eigenvalue weighted by Crippen LogP contribution is 2.36. The van der Waals surface area contributed by atoms with E-state index in [1.165, 1.54) is 24.3 Å². The maximum absolute atomic E-state index is 13.5. The number of benzene rings is 2. The third kappa shape index (κ3) is 4.00. The molecule has 0 spiro atoms. The minimum Gasteiger partial charge on any atom is -0.419 e. The Morgan fingerprint density at radius 3 is 2.25 bits per heavy atom. The highest BCUT2D eigenvalue weighted by atomic mass is 35.5. The Morgan fingerprint density at radius 2 is 1.62 bits per heavy atom. The number of amides is 1. The first kappa shape index (κ1) is 21.0. The summed E-state index contributed by atoms with van der Waals surface area (Å²) in [5.74, 6) is 0.806. The summed E-state index contributed by atoms with van der Waals surface area (Å²) in [6.45, 7) is 2.00. The molecular formula is C23H22ClN3O4S. The van der Waals surface area contributed by atoms with Crippen LogP contribution in [0.15, 0.2) is 68.9 Å². The van der Waals surface area contributed by atoms with Gasteiger partial charge >= 0.3 is 0 Å². The average molecular weight is 472 g/mol. The van der Waals surface area contributed by atoms with Crippen molar-refractivity contribution in [2.75, 3.05) is 31.1 Å². The molecule has 1 aromatic heterocycles. The number of nitrogens with zero attached hydrogens (tertiary/aromatic N) is 3. The van der Waals surface area contributed by atoms with Gasteiger partial charge in [-0.15, -0.1) is 0 Å². The second-order valence-electron chi connectivity index (χ2n) is 8.04. The summed E-state index contributed by atoms with van der Waals surface area (Å²) in [7, 11) is -3.94. The Bertz CT molecular complexity index is 1230. The van der Waals surface area contributed by atoms with E-state index in [2.05, 4.69) is 4.98 Å². The van der Waals surface area contributed by atoms with Crippen molar-refractivity contribution in [1.29, 1.82) is 0 Å². The molecule has 2 aromatic carbocycles. The lowest BCUT2D eigenvalue weighted by atomic mass is 10.2. The van der Waals surface area contributed by atoms with Gasteiger partial charge in [-0.3, -0.25) is 4.79 Å². The Labute approximate surface area is 191 Å². The zero-order valence-corrected chi connectivity index (χ0v) is 18.8. The topological polar surface area (TPSA) is 83.7 Å². The first-order chi connectivity index (χ1) is 15.4. The molecule has 2 heterocycles. The summed E-state index contributed by atoms with van der Waals surface area (Å²) in [5, 5.41) is 0.325. The molecule has 32 heavy (non-hydrogen) atoms. The number of hydrogen-bond donors (Lipinski definition) is 0. The van der Waals surface area contributed by atoms with Crippen molar-refractivity contribution in [3.05, 3.63) is 59.6 Å². The number of oxazole rings is 1. The fourth-order valence-electron chi connectivity index (χ4n) is 3.82. The molecule has 3 aromatic rings. The molecular weight excluding hydrogens is 450 g/mol. The monoisotopic (exact) mass is 471 g/mol. The van der Waals surface area contributed by atoms with Crippen molar-refractivity contribution in [3.63, 3.8) is 0 Å². The number of aromatic nitrogens is 1. The molecule has 1 aliphatic heterocycles. The fourth-order valence-corrected chi connectivity index (χ4v) is 5.27. The first-order valence-corrected chi connectivity index (χ1v) is 12.4. The molecule has 0 N–H and O–H groups in total. The highest BCUT2D eigenvalue weighted by molar-refractivity contribution is 7.91. The summed E-state index contributed by atoms with van der Waals surface area (Å²) in [6.07, 6.45) is 1.93. The van der Waals surface area contributed by atoms with Gasteiger partial charge in [-0.1, -0.05) is 29.8 Å². The molecule has 1 saturated carbocycles. The van der Waals surface area contributed by atoms with Crippen LogP contribution in [0.5, 0.6) is 0 Å². The van der Waals surface area contributed by atoms with Crippen molar-refractivity contribution >= 4 is 33.2 Å². The molecule has 0 atom stereocenters. The number of rotatable bonds is 5. The molecule has 0 bridgehead atoms. The lowest BCUT2D eigenvalue weighted by Crippen LogP contribution is -2.49. The lowest BCUT2D eigenvalue weighted by Gasteiger charge is -2.34. The van der Waals surface area contributed by atoms with Crippen LogP contribution in [0.25, 0.3) is 11.5 Å². The van der Waals surface area contributed by atoms with Crippen molar-refractivity contribution < 1.29 is 17.6 Å². The molecule has 0 unspecified atom stereocenters. The van der Waals surface area contributed by atoms with Gasteiger partial charge in [0.25, 0.3) is 0 Å². The average Bonchev–Trinajstić information content (AvgIpc) is 3.57. The molecule has 166 valence electrons. The van der Waals surface area contributed by atoms with E-state index < -0.39 is 9.84 Å². The summed E-state index contributed by atoms with van der Waals surface area (Å²) >= 11 is 5.94. The maximum Gasteiger partial charge on any atom is 0.236 e. The Kier molecular flexibility index (Phi) is 5.43. The van der Waals surface area contributed by atoms with E-state index in [9.17, 15) is 13.2 Å². The van der Waals surface area contributed by atoms with Crippen LogP contribution in [0.1, 0.15) is 12.8 Å². The van der Waals surface area contributed by atoms with Gasteiger partial charge in [0.2, 0.25) is 32.5 Å². The molecule has 0 radical (unpaired) electrons. The summed E-state index contributed by atoms with van der Waals surface area (Å²) in [6, 6.07) is 15.2. The third-order valence-corrected chi connectivity index (χ3v) is 7.70. The first-order valence-electron chi connectivity index (χ1n) is 10.5. The van der Waals surface area contributed by atoms with Crippen molar-refractivity contribution in [2.45, 2.75) is 22.8 Å². The van der Waals surface area contributed by atoms with Gasteiger partial charge in [0, 0.05) is 42.7 Å². The smallest absolute Gasteiger partial charge is 0.236 e. The fraction of sp³-hybridized carbons (Fsp3) is 0.304. The SMILES string of the molecule is O=C(C1CC1)N1CCN(c2oc(-c3ccccc3)nc2S(=O)(=O)c2ccc(Cl)cc2)CC1. The van der Waals surface area contributed by atoms with Gasteiger partial charge in [0.05, 0.1) is 4.90 Å². The Balaban J connectivity index is 1.50. The highest BCUT2D eigenvalue weighted by Gasteiger charge is 2.37. The number of carbonyl (C=O) groups is 1. The second-order valence-corrected chi connectivity index (χ2v) is 10.3. The van der Waals surface area contributed by atoms with E-state index in [4.69, 9.17) is 16.0 Å². The molecule has 2 fully saturated rings.